The smallest absolute Gasteiger partial charge is 0.329 e. The number of fused-ring (bicyclic) bond motifs is 1. The quantitative estimate of drug-likeness (QED) is 0.204. The zero-order valence-electron chi connectivity index (χ0n) is 21.5. The van der Waals surface area contributed by atoms with E-state index in [1.807, 2.05) is 0 Å². The highest BCUT2D eigenvalue weighted by Crippen LogP contribution is 2.31. The summed E-state index contributed by atoms with van der Waals surface area (Å²) in [6.07, 6.45) is -1.34. The molecule has 0 spiro atoms. The zero-order chi connectivity index (χ0) is 30.3. The van der Waals surface area contributed by atoms with Gasteiger partial charge < -0.3 is 14.9 Å². The minimum Gasteiger partial charge on any atom is -0.329 e. The molecule has 218 valence electrons. The standard InChI is InChI=1S/C26H19ClF5N7O3/c1-12-34-19-7-15(27)18(8-20(19)37(12)11-21(30)31)35-24-36-25(41)39(10-14-3-2-4-33-23(14)40)26(42)38(24)9-13-5-16(28)22(32)17(29)6-13/h2-8,21H,9-11H2,1H3,(H,33,40)(H,35,36,41). The number of alkyl halides is 2. The molecular formula is C26H19ClF5N7O3. The fourth-order valence-corrected chi connectivity index (χ4v) is 4.59. The van der Waals surface area contributed by atoms with E-state index in [0.29, 0.717) is 22.2 Å². The minimum atomic E-state index is -2.69. The molecule has 0 amide bonds. The van der Waals surface area contributed by atoms with E-state index in [4.69, 9.17) is 11.6 Å². The second-order valence-electron chi connectivity index (χ2n) is 9.18. The van der Waals surface area contributed by atoms with E-state index in [9.17, 15) is 36.3 Å². The van der Waals surface area contributed by atoms with Crippen LogP contribution in [0.2, 0.25) is 5.02 Å². The third-order valence-electron chi connectivity index (χ3n) is 6.36. The molecule has 0 saturated carbocycles. The number of pyridine rings is 1. The highest BCUT2D eigenvalue weighted by atomic mass is 35.5. The van der Waals surface area contributed by atoms with Crippen LogP contribution in [0.25, 0.3) is 11.0 Å². The molecule has 3 aromatic heterocycles. The maximum absolute atomic E-state index is 14.0. The number of aromatic nitrogens is 6. The molecule has 16 heteroatoms. The van der Waals surface area contributed by atoms with Crippen LogP contribution in [0.3, 0.4) is 0 Å². The summed E-state index contributed by atoms with van der Waals surface area (Å²) >= 11 is 6.39. The number of anilines is 2. The van der Waals surface area contributed by atoms with Crippen molar-refractivity contribution in [1.29, 1.82) is 0 Å². The predicted octanol–water partition coefficient (Wildman–Crippen LogP) is 3.93. The number of hydrogen-bond donors (Lipinski definition) is 2. The van der Waals surface area contributed by atoms with Crippen molar-refractivity contribution in [3.8, 4) is 0 Å². The topological polar surface area (TPSA) is 120 Å². The van der Waals surface area contributed by atoms with Gasteiger partial charge in [0.25, 0.3) is 12.0 Å². The number of H-pyrrole nitrogens is 1. The van der Waals surface area contributed by atoms with Gasteiger partial charge in [-0.3, -0.25) is 9.36 Å². The lowest BCUT2D eigenvalue weighted by atomic mass is 10.2. The molecule has 0 aliphatic carbocycles. The van der Waals surface area contributed by atoms with Gasteiger partial charge in [0.15, 0.2) is 17.5 Å². The highest BCUT2D eigenvalue weighted by molar-refractivity contribution is 6.34. The number of nitrogens with zero attached hydrogens (tertiary/aromatic N) is 5. The molecule has 2 aromatic carbocycles. The van der Waals surface area contributed by atoms with Crippen molar-refractivity contribution in [1.82, 2.24) is 28.7 Å². The number of imidazole rings is 1. The number of rotatable bonds is 8. The Morgan fingerprint density at radius 2 is 1.69 bits per heavy atom. The van der Waals surface area contributed by atoms with Crippen LogP contribution in [0, 0.1) is 24.4 Å². The number of benzene rings is 2. The van der Waals surface area contributed by atoms with E-state index >= 15 is 0 Å². The fourth-order valence-electron chi connectivity index (χ4n) is 4.39. The first-order valence-electron chi connectivity index (χ1n) is 12.2. The zero-order valence-corrected chi connectivity index (χ0v) is 22.2. The average molecular weight is 608 g/mol. The van der Waals surface area contributed by atoms with Crippen molar-refractivity contribution in [2.24, 2.45) is 0 Å². The first-order valence-corrected chi connectivity index (χ1v) is 12.5. The van der Waals surface area contributed by atoms with E-state index in [0.717, 1.165) is 4.57 Å². The van der Waals surface area contributed by atoms with Gasteiger partial charge >= 0.3 is 11.4 Å². The number of halogens is 6. The first kappa shape index (κ1) is 28.7. The highest BCUT2D eigenvalue weighted by Gasteiger charge is 2.20. The van der Waals surface area contributed by atoms with Crippen molar-refractivity contribution in [3.05, 3.63) is 113 Å². The van der Waals surface area contributed by atoms with Crippen molar-refractivity contribution >= 4 is 34.3 Å². The summed E-state index contributed by atoms with van der Waals surface area (Å²) in [7, 11) is 0. The summed E-state index contributed by atoms with van der Waals surface area (Å²) in [4.78, 5) is 49.3. The van der Waals surface area contributed by atoms with Crippen LogP contribution in [0.15, 0.2) is 57.0 Å². The maximum atomic E-state index is 14.0. The Kier molecular flexibility index (Phi) is 7.69. The molecule has 0 aliphatic rings. The Hall–Kier alpha value is -4.79. The Bertz CT molecular complexity index is 2000. The largest absolute Gasteiger partial charge is 0.355 e. The van der Waals surface area contributed by atoms with Crippen LogP contribution in [-0.2, 0) is 19.6 Å². The SMILES string of the molecule is Cc1nc2cc(Cl)c(Nc3nc(=O)n(Cc4ccc[nH]c4=O)c(=O)n3Cc3cc(F)c(F)c(F)c3)cc2n1CC(F)F. The van der Waals surface area contributed by atoms with E-state index < -0.39 is 66.4 Å². The Morgan fingerprint density at radius 1 is 0.976 bits per heavy atom. The molecular weight excluding hydrogens is 589 g/mol. The van der Waals surface area contributed by atoms with Gasteiger partial charge in [-0.2, -0.15) is 4.98 Å². The molecule has 3 heterocycles. The summed E-state index contributed by atoms with van der Waals surface area (Å²) in [6, 6.07) is 6.93. The molecule has 5 rings (SSSR count). The third kappa shape index (κ3) is 5.54. The lowest BCUT2D eigenvalue weighted by Gasteiger charge is -2.17. The molecule has 0 bridgehead atoms. The van der Waals surface area contributed by atoms with Gasteiger partial charge in [-0.05, 0) is 42.8 Å². The second kappa shape index (κ2) is 11.2. The summed E-state index contributed by atoms with van der Waals surface area (Å²) in [5, 5.41) is 2.73. The molecule has 0 saturated heterocycles. The van der Waals surface area contributed by atoms with Gasteiger partial charge in [-0.25, -0.2) is 41.1 Å². The van der Waals surface area contributed by atoms with Crippen LogP contribution in [0.5, 0.6) is 0 Å². The molecule has 0 radical (unpaired) electrons. The minimum absolute atomic E-state index is 0.0175. The molecule has 42 heavy (non-hydrogen) atoms. The monoisotopic (exact) mass is 607 g/mol. The normalized spacial score (nSPS) is 11.5. The van der Waals surface area contributed by atoms with Crippen LogP contribution in [0.4, 0.5) is 33.6 Å². The van der Waals surface area contributed by atoms with Crippen molar-refractivity contribution in [2.45, 2.75) is 33.0 Å². The summed E-state index contributed by atoms with van der Waals surface area (Å²) in [6.45, 7) is -0.230. The molecule has 0 aliphatic heterocycles. The van der Waals surface area contributed by atoms with E-state index in [1.165, 1.54) is 42.0 Å². The van der Waals surface area contributed by atoms with Crippen LogP contribution in [-0.4, -0.2) is 35.1 Å². The van der Waals surface area contributed by atoms with Crippen molar-refractivity contribution in [2.75, 3.05) is 5.32 Å². The molecule has 2 N–H and O–H groups in total. The van der Waals surface area contributed by atoms with E-state index in [2.05, 4.69) is 20.3 Å². The predicted molar refractivity (Wildman–Crippen MR) is 143 cm³/mol. The maximum Gasteiger partial charge on any atom is 0.355 e. The second-order valence-corrected chi connectivity index (χ2v) is 9.58. The summed E-state index contributed by atoms with van der Waals surface area (Å²) < 4.78 is 70.7. The first-order chi connectivity index (χ1) is 19.9. The van der Waals surface area contributed by atoms with Crippen molar-refractivity contribution < 1.29 is 22.0 Å². The lowest BCUT2D eigenvalue weighted by molar-refractivity contribution is 0.127. The van der Waals surface area contributed by atoms with Gasteiger partial charge in [0.1, 0.15) is 5.82 Å². The number of aromatic amines is 1. The van der Waals surface area contributed by atoms with Crippen LogP contribution >= 0.6 is 11.6 Å². The third-order valence-corrected chi connectivity index (χ3v) is 6.67. The van der Waals surface area contributed by atoms with Gasteiger partial charge in [0.05, 0.1) is 41.4 Å². The number of nitrogens with one attached hydrogen (secondary N) is 2. The molecule has 0 fully saturated rings. The van der Waals surface area contributed by atoms with Crippen LogP contribution in [0.1, 0.15) is 17.0 Å². The Morgan fingerprint density at radius 3 is 2.36 bits per heavy atom. The number of aryl methyl sites for hydroxylation is 1. The Labute approximate surface area is 236 Å². The van der Waals surface area contributed by atoms with E-state index in [1.54, 1.807) is 0 Å². The van der Waals surface area contributed by atoms with Gasteiger partial charge in [0, 0.05) is 11.8 Å². The van der Waals surface area contributed by atoms with Gasteiger partial charge in [-0.1, -0.05) is 17.7 Å². The van der Waals surface area contributed by atoms with E-state index in [-0.39, 0.29) is 33.2 Å². The van der Waals surface area contributed by atoms with Crippen LogP contribution < -0.4 is 22.3 Å². The molecule has 5 aromatic rings. The number of hydrogen-bond acceptors (Lipinski definition) is 6. The molecule has 0 atom stereocenters. The fraction of sp³-hybridized carbons (Fsp3) is 0.192. The molecule has 10 nitrogen and oxygen atoms in total. The molecule has 0 unspecified atom stereocenters. The summed E-state index contributed by atoms with van der Waals surface area (Å²) in [5.74, 6) is -4.90. The Balaban J connectivity index is 1.66. The lowest BCUT2D eigenvalue weighted by Crippen LogP contribution is -2.43. The average Bonchev–Trinajstić information content (AvgIpc) is 3.21. The summed E-state index contributed by atoms with van der Waals surface area (Å²) in [5.41, 5.74) is -2.27. The van der Waals surface area contributed by atoms with Gasteiger partial charge in [-0.15, -0.1) is 0 Å². The van der Waals surface area contributed by atoms with Gasteiger partial charge in [0.2, 0.25) is 5.95 Å². The van der Waals surface area contributed by atoms with Crippen molar-refractivity contribution in [3.63, 3.8) is 0 Å².